The van der Waals surface area contributed by atoms with Gasteiger partial charge in [-0.1, -0.05) is 36.4 Å². The van der Waals surface area contributed by atoms with E-state index in [9.17, 15) is 14.4 Å². The number of amides is 2. The van der Waals surface area contributed by atoms with Gasteiger partial charge in [0.25, 0.3) is 11.8 Å². The normalized spacial score (nSPS) is 14.5. The molecule has 1 atom stereocenters. The average molecular weight is 412 g/mol. The molecule has 2 aromatic carbocycles. The third kappa shape index (κ3) is 5.57. The second kappa shape index (κ2) is 10.4. The number of hydrogen-bond donors (Lipinski definition) is 1. The quantitative estimate of drug-likeness (QED) is 0.694. The molecule has 0 unspecified atom stereocenters. The molecule has 0 spiro atoms. The minimum absolute atomic E-state index is 0.308. The number of ether oxygens (including phenoxy) is 3. The molecule has 1 heterocycles. The van der Waals surface area contributed by atoms with Crippen molar-refractivity contribution in [3.05, 3.63) is 65.7 Å². The van der Waals surface area contributed by atoms with E-state index in [2.05, 4.69) is 5.32 Å². The summed E-state index contributed by atoms with van der Waals surface area (Å²) < 4.78 is 15.8. The Hall–Kier alpha value is -3.39. The maximum absolute atomic E-state index is 13.0. The van der Waals surface area contributed by atoms with E-state index in [-0.39, 0.29) is 12.5 Å². The first kappa shape index (κ1) is 21.3. The zero-order valence-corrected chi connectivity index (χ0v) is 16.7. The van der Waals surface area contributed by atoms with E-state index in [0.717, 1.165) is 0 Å². The first-order valence-corrected chi connectivity index (χ1v) is 9.61. The molecule has 2 amide bonds. The lowest BCUT2D eigenvalue weighted by molar-refractivity contribution is -0.162. The number of hydrogen-bond acceptors (Lipinski definition) is 6. The van der Waals surface area contributed by atoms with Crippen LogP contribution in [0.5, 0.6) is 5.75 Å². The van der Waals surface area contributed by atoms with Crippen molar-refractivity contribution >= 4 is 17.8 Å². The number of carbonyl (C=O) groups excluding carboxylic acids is 3. The molecular formula is C22H24N2O6. The minimum Gasteiger partial charge on any atom is -0.497 e. The second-order valence-corrected chi connectivity index (χ2v) is 6.63. The summed E-state index contributed by atoms with van der Waals surface area (Å²) in [6, 6.07) is 15.4. The zero-order valence-electron chi connectivity index (χ0n) is 16.7. The standard InChI is InChI=1S/C22H24N2O6/c1-28-18-9-5-8-17(14-18)21(26)23-15-19(25)30-20(16-6-3-2-4-7-16)22(27)24-10-12-29-13-11-24/h2-9,14,20H,10-13,15H2,1H3,(H,23,26)/t20-/m0/s1. The molecule has 1 N–H and O–H groups in total. The fourth-order valence-electron chi connectivity index (χ4n) is 3.03. The summed E-state index contributed by atoms with van der Waals surface area (Å²) in [5, 5.41) is 2.51. The van der Waals surface area contributed by atoms with Gasteiger partial charge >= 0.3 is 5.97 Å². The third-order valence-electron chi connectivity index (χ3n) is 4.62. The molecule has 0 bridgehead atoms. The predicted molar refractivity (Wildman–Crippen MR) is 108 cm³/mol. The molecule has 0 radical (unpaired) electrons. The Balaban J connectivity index is 1.64. The van der Waals surface area contributed by atoms with Crippen LogP contribution in [0.2, 0.25) is 0 Å². The molecule has 8 nitrogen and oxygen atoms in total. The van der Waals surface area contributed by atoms with Crippen LogP contribution in [0.25, 0.3) is 0 Å². The Morgan fingerprint density at radius 2 is 1.80 bits per heavy atom. The Bertz CT molecular complexity index is 880. The number of carbonyl (C=O) groups is 3. The van der Waals surface area contributed by atoms with Gasteiger partial charge in [0.05, 0.1) is 20.3 Å². The Morgan fingerprint density at radius 3 is 2.50 bits per heavy atom. The van der Waals surface area contributed by atoms with Crippen molar-refractivity contribution in [2.75, 3.05) is 40.0 Å². The maximum Gasteiger partial charge on any atom is 0.326 e. The molecular weight excluding hydrogens is 388 g/mol. The van der Waals surface area contributed by atoms with Crippen LogP contribution in [-0.2, 0) is 19.1 Å². The summed E-state index contributed by atoms with van der Waals surface area (Å²) >= 11 is 0. The van der Waals surface area contributed by atoms with E-state index in [1.807, 2.05) is 6.07 Å². The highest BCUT2D eigenvalue weighted by Crippen LogP contribution is 2.21. The number of morpholine rings is 1. The second-order valence-electron chi connectivity index (χ2n) is 6.63. The fraction of sp³-hybridized carbons (Fsp3) is 0.318. The first-order chi connectivity index (χ1) is 14.6. The van der Waals surface area contributed by atoms with Crippen LogP contribution in [0.4, 0.5) is 0 Å². The molecule has 2 aromatic rings. The number of nitrogens with zero attached hydrogens (tertiary/aromatic N) is 1. The molecule has 158 valence electrons. The van der Waals surface area contributed by atoms with Crippen molar-refractivity contribution in [1.82, 2.24) is 10.2 Å². The van der Waals surface area contributed by atoms with Gasteiger partial charge in [0.1, 0.15) is 12.3 Å². The Morgan fingerprint density at radius 1 is 1.07 bits per heavy atom. The predicted octanol–water partition coefficient (Wildman–Crippen LogP) is 1.57. The first-order valence-electron chi connectivity index (χ1n) is 9.61. The van der Waals surface area contributed by atoms with E-state index >= 15 is 0 Å². The summed E-state index contributed by atoms with van der Waals surface area (Å²) in [5.74, 6) is -0.925. The van der Waals surface area contributed by atoms with E-state index in [1.165, 1.54) is 7.11 Å². The molecule has 8 heteroatoms. The van der Waals surface area contributed by atoms with E-state index in [1.54, 1.807) is 53.4 Å². The maximum atomic E-state index is 13.0. The zero-order chi connectivity index (χ0) is 21.3. The van der Waals surface area contributed by atoms with Crippen LogP contribution < -0.4 is 10.1 Å². The van der Waals surface area contributed by atoms with Gasteiger partial charge in [-0.15, -0.1) is 0 Å². The third-order valence-corrected chi connectivity index (χ3v) is 4.62. The van der Waals surface area contributed by atoms with Crippen molar-refractivity contribution in [3.63, 3.8) is 0 Å². The molecule has 1 aliphatic rings. The van der Waals surface area contributed by atoms with Crippen LogP contribution in [0, 0.1) is 0 Å². The molecule has 1 fully saturated rings. The lowest BCUT2D eigenvalue weighted by Gasteiger charge is -2.30. The van der Waals surface area contributed by atoms with Crippen LogP contribution in [0.3, 0.4) is 0 Å². The molecule has 1 saturated heterocycles. The number of benzene rings is 2. The number of nitrogens with one attached hydrogen (secondary N) is 1. The number of rotatable bonds is 7. The SMILES string of the molecule is COc1cccc(C(=O)NCC(=O)O[C@H](C(=O)N2CCOCC2)c2ccccc2)c1. The largest absolute Gasteiger partial charge is 0.497 e. The summed E-state index contributed by atoms with van der Waals surface area (Å²) in [5.41, 5.74) is 0.924. The molecule has 0 aliphatic carbocycles. The van der Waals surface area contributed by atoms with E-state index in [0.29, 0.717) is 43.2 Å². The highest BCUT2D eigenvalue weighted by atomic mass is 16.5. The van der Waals surface area contributed by atoms with Crippen molar-refractivity contribution in [3.8, 4) is 5.75 Å². The number of methoxy groups -OCH3 is 1. The summed E-state index contributed by atoms with van der Waals surface area (Å²) in [6.45, 7) is 1.39. The Kier molecular flexibility index (Phi) is 7.40. The van der Waals surface area contributed by atoms with Crippen LogP contribution in [0.15, 0.2) is 54.6 Å². The van der Waals surface area contributed by atoms with E-state index in [4.69, 9.17) is 14.2 Å². The van der Waals surface area contributed by atoms with Crippen molar-refractivity contribution in [2.24, 2.45) is 0 Å². The fourth-order valence-corrected chi connectivity index (χ4v) is 3.03. The minimum atomic E-state index is -1.08. The molecule has 1 aliphatic heterocycles. The average Bonchev–Trinajstić information content (AvgIpc) is 2.81. The Labute approximate surface area is 174 Å². The molecule has 0 aromatic heterocycles. The molecule has 30 heavy (non-hydrogen) atoms. The number of esters is 1. The highest BCUT2D eigenvalue weighted by Gasteiger charge is 2.30. The molecule has 3 rings (SSSR count). The van der Waals surface area contributed by atoms with Gasteiger partial charge in [-0.25, -0.2) is 0 Å². The van der Waals surface area contributed by atoms with Crippen molar-refractivity contribution in [1.29, 1.82) is 0 Å². The lowest BCUT2D eigenvalue weighted by Crippen LogP contribution is -2.44. The van der Waals surface area contributed by atoms with Crippen molar-refractivity contribution in [2.45, 2.75) is 6.10 Å². The van der Waals surface area contributed by atoms with Crippen LogP contribution >= 0.6 is 0 Å². The van der Waals surface area contributed by atoms with Crippen LogP contribution in [0.1, 0.15) is 22.0 Å². The van der Waals surface area contributed by atoms with Gasteiger partial charge in [-0.3, -0.25) is 14.4 Å². The lowest BCUT2D eigenvalue weighted by atomic mass is 10.1. The smallest absolute Gasteiger partial charge is 0.326 e. The van der Waals surface area contributed by atoms with Crippen LogP contribution in [-0.4, -0.2) is 62.6 Å². The summed E-state index contributed by atoms with van der Waals surface area (Å²) in [6.07, 6.45) is -1.08. The van der Waals surface area contributed by atoms with Crippen molar-refractivity contribution < 1.29 is 28.6 Å². The molecule has 0 saturated carbocycles. The summed E-state index contributed by atoms with van der Waals surface area (Å²) in [7, 11) is 1.50. The van der Waals surface area contributed by atoms with Gasteiger partial charge in [0.15, 0.2) is 0 Å². The van der Waals surface area contributed by atoms with Gasteiger partial charge in [0, 0.05) is 24.2 Å². The van der Waals surface area contributed by atoms with Gasteiger partial charge in [-0.05, 0) is 18.2 Å². The van der Waals surface area contributed by atoms with E-state index < -0.39 is 18.0 Å². The summed E-state index contributed by atoms with van der Waals surface area (Å²) in [4.78, 5) is 39.3. The van der Waals surface area contributed by atoms with Gasteiger partial charge < -0.3 is 24.4 Å². The highest BCUT2D eigenvalue weighted by molar-refractivity contribution is 5.96. The topological polar surface area (TPSA) is 94.2 Å². The monoisotopic (exact) mass is 412 g/mol. The van der Waals surface area contributed by atoms with Gasteiger partial charge in [0.2, 0.25) is 6.10 Å². The van der Waals surface area contributed by atoms with Gasteiger partial charge in [-0.2, -0.15) is 0 Å².